The van der Waals surface area contributed by atoms with Crippen LogP contribution >= 0.6 is 0 Å². The highest BCUT2D eigenvalue weighted by molar-refractivity contribution is 5.76. The number of benzene rings is 1. The molecule has 0 aromatic heterocycles. The third-order valence-electron chi connectivity index (χ3n) is 2.08. The van der Waals surface area contributed by atoms with E-state index in [1.807, 2.05) is 30.3 Å². The first-order valence-electron chi connectivity index (χ1n) is 5.07. The summed E-state index contributed by atoms with van der Waals surface area (Å²) in [5.41, 5.74) is 1.23. The summed E-state index contributed by atoms with van der Waals surface area (Å²) in [7, 11) is 0. The average Bonchev–Trinajstić information content (AvgIpc) is 2.28. The predicted molar refractivity (Wildman–Crippen MR) is 61.2 cm³/mol. The molecule has 0 aliphatic rings. The lowest BCUT2D eigenvalue weighted by Gasteiger charge is -2.03. The van der Waals surface area contributed by atoms with Gasteiger partial charge in [0.15, 0.2) is 0 Å². The molecule has 0 aliphatic carbocycles. The molecule has 0 bridgehead atoms. The van der Waals surface area contributed by atoms with Crippen LogP contribution in [0.2, 0.25) is 0 Å². The first-order chi connectivity index (χ1) is 7.33. The fraction of sp³-hybridized carbons (Fsp3) is 0.308. The lowest BCUT2D eigenvalue weighted by atomic mass is 10.1. The fourth-order valence-electron chi connectivity index (χ4n) is 1.27. The number of rotatable bonds is 5. The third-order valence-corrected chi connectivity index (χ3v) is 2.08. The minimum atomic E-state index is 0.0314. The molecule has 0 unspecified atom stereocenters. The molecule has 0 aliphatic heterocycles. The van der Waals surface area contributed by atoms with Gasteiger partial charge in [-0.25, -0.2) is 0 Å². The van der Waals surface area contributed by atoms with Crippen LogP contribution in [0.3, 0.4) is 0 Å². The Hall–Kier alpha value is -1.75. The second-order valence-electron chi connectivity index (χ2n) is 3.29. The van der Waals surface area contributed by atoms with Crippen molar-refractivity contribution < 1.29 is 4.79 Å². The molecule has 1 aromatic rings. The Kier molecular flexibility index (Phi) is 5.03. The lowest BCUT2D eigenvalue weighted by Crippen LogP contribution is -2.25. The minimum Gasteiger partial charge on any atom is -0.356 e. The molecule has 0 radical (unpaired) electrons. The van der Waals surface area contributed by atoms with Crippen LogP contribution in [0.5, 0.6) is 0 Å². The molecule has 0 saturated heterocycles. The largest absolute Gasteiger partial charge is 0.356 e. The molecule has 2 heteroatoms. The second-order valence-corrected chi connectivity index (χ2v) is 3.29. The number of terminal acetylenes is 1. The molecule has 15 heavy (non-hydrogen) atoms. The normalized spacial score (nSPS) is 9.27. The molecule has 0 fully saturated rings. The summed E-state index contributed by atoms with van der Waals surface area (Å²) >= 11 is 0. The zero-order valence-corrected chi connectivity index (χ0v) is 8.70. The van der Waals surface area contributed by atoms with Gasteiger partial charge in [0.1, 0.15) is 0 Å². The first kappa shape index (κ1) is 11.3. The molecule has 1 N–H and O–H groups in total. The van der Waals surface area contributed by atoms with Crippen molar-refractivity contribution in [2.75, 3.05) is 6.54 Å². The minimum absolute atomic E-state index is 0.0314. The van der Waals surface area contributed by atoms with E-state index >= 15 is 0 Å². The second kappa shape index (κ2) is 6.67. The number of hydrogen-bond acceptors (Lipinski definition) is 1. The van der Waals surface area contributed by atoms with Gasteiger partial charge in [0.05, 0.1) is 0 Å². The smallest absolute Gasteiger partial charge is 0.220 e. The van der Waals surface area contributed by atoms with Gasteiger partial charge in [0.2, 0.25) is 5.91 Å². The highest BCUT2D eigenvalue weighted by atomic mass is 16.1. The van der Waals surface area contributed by atoms with Gasteiger partial charge in [-0.1, -0.05) is 30.3 Å². The van der Waals surface area contributed by atoms with E-state index in [0.29, 0.717) is 19.4 Å². The molecular weight excluding hydrogens is 186 g/mol. The SMILES string of the molecule is C#CCCC(=O)NCCc1ccccc1. The van der Waals surface area contributed by atoms with E-state index in [-0.39, 0.29) is 5.91 Å². The Morgan fingerprint density at radius 1 is 1.33 bits per heavy atom. The van der Waals surface area contributed by atoms with Crippen LogP contribution in [0.25, 0.3) is 0 Å². The number of nitrogens with one attached hydrogen (secondary N) is 1. The van der Waals surface area contributed by atoms with Gasteiger partial charge in [-0.15, -0.1) is 12.3 Å². The molecule has 1 amide bonds. The summed E-state index contributed by atoms with van der Waals surface area (Å²) in [5, 5.41) is 2.83. The zero-order chi connectivity index (χ0) is 10.9. The molecule has 0 heterocycles. The Morgan fingerprint density at radius 2 is 2.07 bits per heavy atom. The van der Waals surface area contributed by atoms with E-state index in [0.717, 1.165) is 6.42 Å². The molecule has 0 saturated carbocycles. The molecule has 0 spiro atoms. The van der Waals surface area contributed by atoms with Crippen molar-refractivity contribution in [2.24, 2.45) is 0 Å². The van der Waals surface area contributed by atoms with Crippen molar-refractivity contribution >= 4 is 5.91 Å². The average molecular weight is 201 g/mol. The van der Waals surface area contributed by atoms with Crippen LogP contribution < -0.4 is 5.32 Å². The Balaban J connectivity index is 2.17. The van der Waals surface area contributed by atoms with Crippen LogP contribution in [0, 0.1) is 12.3 Å². The summed E-state index contributed by atoms with van der Waals surface area (Å²) in [6, 6.07) is 10.1. The van der Waals surface area contributed by atoms with Gasteiger partial charge in [-0.3, -0.25) is 4.79 Å². The van der Waals surface area contributed by atoms with Gasteiger partial charge < -0.3 is 5.32 Å². The summed E-state index contributed by atoms with van der Waals surface area (Å²) in [4.78, 5) is 11.2. The Labute approximate surface area is 90.7 Å². The third kappa shape index (κ3) is 4.87. The topological polar surface area (TPSA) is 29.1 Å². The molecule has 1 rings (SSSR count). The molecule has 2 nitrogen and oxygen atoms in total. The van der Waals surface area contributed by atoms with Crippen molar-refractivity contribution in [2.45, 2.75) is 19.3 Å². The van der Waals surface area contributed by atoms with Gasteiger partial charge in [-0.05, 0) is 12.0 Å². The van der Waals surface area contributed by atoms with Crippen molar-refractivity contribution in [3.8, 4) is 12.3 Å². The Bertz CT molecular complexity index is 337. The van der Waals surface area contributed by atoms with E-state index in [4.69, 9.17) is 6.42 Å². The lowest BCUT2D eigenvalue weighted by molar-refractivity contribution is -0.120. The fourth-order valence-corrected chi connectivity index (χ4v) is 1.27. The van der Waals surface area contributed by atoms with E-state index in [9.17, 15) is 4.79 Å². The predicted octanol–water partition coefficient (Wildman–Crippen LogP) is 1.76. The van der Waals surface area contributed by atoms with Crippen LogP contribution in [0.15, 0.2) is 30.3 Å². The number of hydrogen-bond donors (Lipinski definition) is 1. The van der Waals surface area contributed by atoms with E-state index < -0.39 is 0 Å². The van der Waals surface area contributed by atoms with Gasteiger partial charge >= 0.3 is 0 Å². The molecular formula is C13H15NO. The monoisotopic (exact) mass is 201 g/mol. The molecule has 0 atom stereocenters. The van der Waals surface area contributed by atoms with Crippen molar-refractivity contribution in [1.82, 2.24) is 5.32 Å². The molecule has 78 valence electrons. The van der Waals surface area contributed by atoms with Crippen molar-refractivity contribution in [3.63, 3.8) is 0 Å². The summed E-state index contributed by atoms with van der Waals surface area (Å²) in [6.07, 6.45) is 6.86. The van der Waals surface area contributed by atoms with Crippen molar-refractivity contribution in [3.05, 3.63) is 35.9 Å². The maximum atomic E-state index is 11.2. The van der Waals surface area contributed by atoms with E-state index in [1.165, 1.54) is 5.56 Å². The quantitative estimate of drug-likeness (QED) is 0.723. The van der Waals surface area contributed by atoms with Crippen LogP contribution in [-0.4, -0.2) is 12.5 Å². The van der Waals surface area contributed by atoms with Crippen LogP contribution in [0.4, 0.5) is 0 Å². The number of carbonyl (C=O) groups excluding carboxylic acids is 1. The van der Waals surface area contributed by atoms with Gasteiger partial charge in [-0.2, -0.15) is 0 Å². The highest BCUT2D eigenvalue weighted by Gasteiger charge is 1.98. The first-order valence-corrected chi connectivity index (χ1v) is 5.07. The number of amides is 1. The molecule has 1 aromatic carbocycles. The van der Waals surface area contributed by atoms with Crippen LogP contribution in [-0.2, 0) is 11.2 Å². The highest BCUT2D eigenvalue weighted by Crippen LogP contribution is 1.98. The maximum Gasteiger partial charge on any atom is 0.220 e. The van der Waals surface area contributed by atoms with Crippen LogP contribution in [0.1, 0.15) is 18.4 Å². The van der Waals surface area contributed by atoms with E-state index in [1.54, 1.807) is 0 Å². The van der Waals surface area contributed by atoms with E-state index in [2.05, 4.69) is 11.2 Å². The van der Waals surface area contributed by atoms with Gasteiger partial charge in [0.25, 0.3) is 0 Å². The Morgan fingerprint density at radius 3 is 2.73 bits per heavy atom. The maximum absolute atomic E-state index is 11.2. The summed E-state index contributed by atoms with van der Waals surface area (Å²) in [5.74, 6) is 2.48. The summed E-state index contributed by atoms with van der Waals surface area (Å²) in [6.45, 7) is 0.674. The summed E-state index contributed by atoms with van der Waals surface area (Å²) < 4.78 is 0. The number of carbonyl (C=O) groups is 1. The zero-order valence-electron chi connectivity index (χ0n) is 8.70. The van der Waals surface area contributed by atoms with Gasteiger partial charge in [0, 0.05) is 19.4 Å². The van der Waals surface area contributed by atoms with Crippen molar-refractivity contribution in [1.29, 1.82) is 0 Å². The standard InChI is InChI=1S/C13H15NO/c1-2-3-9-13(15)14-11-10-12-7-5-4-6-8-12/h1,4-8H,3,9-11H2,(H,14,15).